The van der Waals surface area contributed by atoms with E-state index < -0.39 is 12.5 Å². The van der Waals surface area contributed by atoms with Gasteiger partial charge in [-0.25, -0.2) is 18.7 Å². The van der Waals surface area contributed by atoms with Gasteiger partial charge in [-0.2, -0.15) is 0 Å². The second-order valence-electron chi connectivity index (χ2n) is 3.02. The number of alkyl halides is 2. The van der Waals surface area contributed by atoms with Gasteiger partial charge in [0.15, 0.2) is 0 Å². The second kappa shape index (κ2) is 4.83. The fourth-order valence-corrected chi connectivity index (χ4v) is 0.932. The summed E-state index contributed by atoms with van der Waals surface area (Å²) in [5.74, 6) is 0.626. The molecule has 1 aromatic rings. The normalized spacial score (nSPS) is 12.9. The summed E-state index contributed by atoms with van der Waals surface area (Å²) in [4.78, 5) is 7.53. The zero-order valence-electron chi connectivity index (χ0n) is 8.11. The molecule has 0 aliphatic rings. The number of aromatic nitrogens is 2. The lowest BCUT2D eigenvalue weighted by Gasteiger charge is -2.12. The van der Waals surface area contributed by atoms with Crippen molar-refractivity contribution >= 4 is 11.6 Å². The summed E-state index contributed by atoms with van der Waals surface area (Å²) < 4.78 is 23.9. The van der Waals surface area contributed by atoms with Crippen molar-refractivity contribution < 1.29 is 13.9 Å². The van der Waals surface area contributed by atoms with E-state index in [2.05, 4.69) is 15.3 Å². The molecule has 0 spiro atoms. The number of aliphatic hydroxyl groups is 1. The fourth-order valence-electron chi connectivity index (χ4n) is 0.932. The Labute approximate surface area is 85.3 Å². The van der Waals surface area contributed by atoms with Gasteiger partial charge in [-0.1, -0.05) is 0 Å². The number of nitrogens with two attached hydrogens (primary N) is 1. The highest BCUT2D eigenvalue weighted by molar-refractivity contribution is 5.53. The van der Waals surface area contributed by atoms with Gasteiger partial charge in [0, 0.05) is 12.1 Å². The summed E-state index contributed by atoms with van der Waals surface area (Å²) in [6.45, 7) is 1.38. The van der Waals surface area contributed by atoms with E-state index in [1.807, 2.05) is 0 Å². The van der Waals surface area contributed by atoms with Gasteiger partial charge in [0.05, 0.1) is 0 Å². The molecule has 0 aliphatic carbocycles. The van der Waals surface area contributed by atoms with Crippen LogP contribution in [0.5, 0.6) is 0 Å². The lowest BCUT2D eigenvalue weighted by molar-refractivity contribution is 0.00380. The summed E-state index contributed by atoms with van der Waals surface area (Å²) in [6, 6.07) is 0. The molecule has 0 saturated carbocycles. The maximum absolute atomic E-state index is 12.0. The van der Waals surface area contributed by atoms with Crippen molar-refractivity contribution in [2.75, 3.05) is 17.6 Å². The molecule has 0 saturated heterocycles. The molecule has 0 radical (unpaired) electrons. The highest BCUT2D eigenvalue weighted by atomic mass is 19.3. The van der Waals surface area contributed by atoms with Gasteiger partial charge >= 0.3 is 0 Å². The van der Waals surface area contributed by atoms with Crippen molar-refractivity contribution in [3.8, 4) is 0 Å². The lowest BCUT2D eigenvalue weighted by atomic mass is 10.3. The molecule has 7 heteroatoms. The molecule has 84 valence electrons. The zero-order valence-corrected chi connectivity index (χ0v) is 8.11. The molecule has 1 unspecified atom stereocenters. The first-order chi connectivity index (χ1) is 7.02. The first-order valence-corrected chi connectivity index (χ1v) is 4.29. The van der Waals surface area contributed by atoms with Crippen molar-refractivity contribution in [1.82, 2.24) is 9.97 Å². The Morgan fingerprint density at radius 2 is 2.20 bits per heavy atom. The number of hydrogen-bond donors (Lipinski definition) is 3. The van der Waals surface area contributed by atoms with Crippen LogP contribution < -0.4 is 11.1 Å². The molecular formula is C8H12F2N4O. The maximum Gasteiger partial charge on any atom is 0.265 e. The Bertz CT molecular complexity index is 334. The summed E-state index contributed by atoms with van der Waals surface area (Å²) in [6.07, 6.45) is -3.28. The standard InChI is InChI=1S/C8H12F2N4O/c1-4-7(11)13-3-14-8(4)12-2-5(15)6(9)10/h3,5-6,15H,2H2,1H3,(H3,11,12,13,14). The Balaban J connectivity index is 2.62. The van der Waals surface area contributed by atoms with Gasteiger partial charge in [0.25, 0.3) is 6.43 Å². The number of nitrogen functional groups attached to an aromatic ring is 1. The van der Waals surface area contributed by atoms with E-state index >= 15 is 0 Å². The van der Waals surface area contributed by atoms with Crippen molar-refractivity contribution in [2.24, 2.45) is 0 Å². The maximum atomic E-state index is 12.0. The van der Waals surface area contributed by atoms with Crippen molar-refractivity contribution in [3.05, 3.63) is 11.9 Å². The molecule has 0 fully saturated rings. The fraction of sp³-hybridized carbons (Fsp3) is 0.500. The molecule has 1 heterocycles. The highest BCUT2D eigenvalue weighted by Gasteiger charge is 2.16. The summed E-state index contributed by atoms with van der Waals surface area (Å²) in [5, 5.41) is 11.4. The highest BCUT2D eigenvalue weighted by Crippen LogP contribution is 2.15. The molecule has 4 N–H and O–H groups in total. The first kappa shape index (κ1) is 11.6. The molecular weight excluding hydrogens is 206 g/mol. The van der Waals surface area contributed by atoms with E-state index in [9.17, 15) is 8.78 Å². The van der Waals surface area contributed by atoms with Gasteiger partial charge in [-0.15, -0.1) is 0 Å². The number of aliphatic hydroxyl groups excluding tert-OH is 1. The van der Waals surface area contributed by atoms with Crippen LogP contribution in [0.25, 0.3) is 0 Å². The van der Waals surface area contributed by atoms with Crippen LogP contribution >= 0.6 is 0 Å². The van der Waals surface area contributed by atoms with Crippen LogP contribution in [-0.2, 0) is 0 Å². The molecule has 0 amide bonds. The molecule has 0 aromatic carbocycles. The number of nitrogens with one attached hydrogen (secondary N) is 1. The van der Waals surface area contributed by atoms with E-state index in [0.29, 0.717) is 11.4 Å². The van der Waals surface area contributed by atoms with Crippen LogP contribution in [0.1, 0.15) is 5.56 Å². The molecule has 5 nitrogen and oxygen atoms in total. The van der Waals surface area contributed by atoms with E-state index in [-0.39, 0.29) is 12.4 Å². The Morgan fingerprint density at radius 3 is 2.80 bits per heavy atom. The van der Waals surface area contributed by atoms with Crippen LogP contribution in [0.15, 0.2) is 6.33 Å². The first-order valence-electron chi connectivity index (χ1n) is 4.29. The summed E-state index contributed by atoms with van der Waals surface area (Å²) in [5.41, 5.74) is 6.05. The van der Waals surface area contributed by atoms with Crippen molar-refractivity contribution in [1.29, 1.82) is 0 Å². The number of anilines is 2. The van der Waals surface area contributed by atoms with E-state index in [4.69, 9.17) is 10.8 Å². The molecule has 1 rings (SSSR count). The number of nitrogens with zero attached hydrogens (tertiary/aromatic N) is 2. The van der Waals surface area contributed by atoms with Crippen LogP contribution in [0.3, 0.4) is 0 Å². The zero-order chi connectivity index (χ0) is 11.4. The third-order valence-corrected chi connectivity index (χ3v) is 1.89. The minimum Gasteiger partial charge on any atom is -0.385 e. The molecule has 1 aromatic heterocycles. The van der Waals surface area contributed by atoms with E-state index in [1.54, 1.807) is 6.92 Å². The third kappa shape index (κ3) is 2.98. The number of hydrogen-bond acceptors (Lipinski definition) is 5. The Morgan fingerprint density at radius 1 is 1.53 bits per heavy atom. The van der Waals surface area contributed by atoms with E-state index in [0.717, 1.165) is 0 Å². The van der Waals surface area contributed by atoms with Crippen LogP contribution in [-0.4, -0.2) is 34.1 Å². The van der Waals surface area contributed by atoms with Crippen LogP contribution in [0.2, 0.25) is 0 Å². The minimum atomic E-state index is -2.78. The van der Waals surface area contributed by atoms with Gasteiger partial charge in [-0.05, 0) is 6.92 Å². The molecule has 0 bridgehead atoms. The van der Waals surface area contributed by atoms with Crippen molar-refractivity contribution in [3.63, 3.8) is 0 Å². The van der Waals surface area contributed by atoms with E-state index in [1.165, 1.54) is 6.33 Å². The smallest absolute Gasteiger partial charge is 0.265 e. The molecule has 0 aliphatic heterocycles. The average molecular weight is 218 g/mol. The predicted octanol–water partition coefficient (Wildman–Crippen LogP) is 0.405. The van der Waals surface area contributed by atoms with Gasteiger partial charge < -0.3 is 16.2 Å². The van der Waals surface area contributed by atoms with Gasteiger partial charge in [0.2, 0.25) is 0 Å². The largest absolute Gasteiger partial charge is 0.385 e. The predicted molar refractivity (Wildman–Crippen MR) is 51.7 cm³/mol. The van der Waals surface area contributed by atoms with Gasteiger partial charge in [0.1, 0.15) is 24.1 Å². The van der Waals surface area contributed by atoms with Crippen LogP contribution in [0.4, 0.5) is 20.4 Å². The number of rotatable bonds is 4. The monoisotopic (exact) mass is 218 g/mol. The topological polar surface area (TPSA) is 84.1 Å². The second-order valence-corrected chi connectivity index (χ2v) is 3.02. The SMILES string of the molecule is Cc1c(N)ncnc1NCC(O)C(F)F. The quantitative estimate of drug-likeness (QED) is 0.681. The number of halogens is 2. The summed E-state index contributed by atoms with van der Waals surface area (Å²) in [7, 11) is 0. The lowest BCUT2D eigenvalue weighted by Crippen LogP contribution is -2.27. The van der Waals surface area contributed by atoms with Gasteiger partial charge in [-0.3, -0.25) is 0 Å². The molecule has 15 heavy (non-hydrogen) atoms. The molecule has 1 atom stereocenters. The third-order valence-electron chi connectivity index (χ3n) is 1.89. The van der Waals surface area contributed by atoms with Crippen LogP contribution in [0, 0.1) is 6.92 Å². The minimum absolute atomic E-state index is 0.277. The Kier molecular flexibility index (Phi) is 3.73. The average Bonchev–Trinajstić information content (AvgIpc) is 2.19. The summed E-state index contributed by atoms with van der Waals surface area (Å²) >= 11 is 0. The van der Waals surface area contributed by atoms with Crippen molar-refractivity contribution in [2.45, 2.75) is 19.5 Å². The Hall–Kier alpha value is -1.50.